The predicted octanol–water partition coefficient (Wildman–Crippen LogP) is 3.22. The molecule has 27 heavy (non-hydrogen) atoms. The number of methoxy groups -OCH3 is 1. The number of carbonyl (C=O) groups is 1. The van der Waals surface area contributed by atoms with Gasteiger partial charge in [-0.15, -0.1) is 11.3 Å². The van der Waals surface area contributed by atoms with Gasteiger partial charge in [-0.05, 0) is 43.7 Å². The highest BCUT2D eigenvalue weighted by Crippen LogP contribution is 2.34. The van der Waals surface area contributed by atoms with E-state index >= 15 is 0 Å². The quantitative estimate of drug-likeness (QED) is 0.598. The van der Waals surface area contributed by atoms with E-state index in [1.54, 1.807) is 7.11 Å². The zero-order valence-corrected chi connectivity index (χ0v) is 16.3. The Hall–Kier alpha value is -2.87. The van der Waals surface area contributed by atoms with Crippen LogP contribution < -0.4 is 19.5 Å². The number of nitrogens with zero attached hydrogens (tertiary/aromatic N) is 2. The van der Waals surface area contributed by atoms with Crippen LogP contribution in [0.4, 0.5) is 0 Å². The Morgan fingerprint density at radius 3 is 2.59 bits per heavy atom. The summed E-state index contributed by atoms with van der Waals surface area (Å²) >= 11 is 1.33. The first kappa shape index (κ1) is 18.9. The van der Waals surface area contributed by atoms with Gasteiger partial charge in [0.15, 0.2) is 0 Å². The molecule has 0 aliphatic rings. The fourth-order valence-electron chi connectivity index (χ4n) is 2.59. The average Bonchev–Trinajstić information content (AvgIpc) is 3.03. The molecule has 7 nitrogen and oxygen atoms in total. The summed E-state index contributed by atoms with van der Waals surface area (Å²) in [6.07, 6.45) is 1.45. The number of hydrogen-bond donors (Lipinski definition) is 1. The molecule has 0 aliphatic carbocycles. The van der Waals surface area contributed by atoms with E-state index in [1.807, 2.05) is 38.1 Å². The van der Waals surface area contributed by atoms with Crippen LogP contribution in [0, 0.1) is 6.92 Å². The minimum atomic E-state index is -0.156. The second-order valence-corrected chi connectivity index (χ2v) is 6.63. The third kappa shape index (κ3) is 4.28. The highest BCUT2D eigenvalue weighted by atomic mass is 32.1. The van der Waals surface area contributed by atoms with Gasteiger partial charge >= 0.3 is 0 Å². The monoisotopic (exact) mass is 387 g/mol. The SMILES string of the molecule is CCOc1ncnc2sc(C(=O)NCCOc3ccc(OC)cc3)c(C)c12. The van der Waals surface area contributed by atoms with Gasteiger partial charge in [-0.2, -0.15) is 0 Å². The molecule has 0 saturated heterocycles. The number of ether oxygens (including phenoxy) is 3. The molecule has 0 unspecified atom stereocenters. The molecule has 3 rings (SSSR count). The first-order chi connectivity index (χ1) is 13.1. The standard InChI is InChI=1S/C19H21N3O4S/c1-4-25-18-15-12(2)16(27-19(15)22-11-21-18)17(23)20-9-10-26-14-7-5-13(24-3)6-8-14/h5-8,11H,4,9-10H2,1-3H3,(H,20,23). The van der Waals surface area contributed by atoms with Crippen molar-refractivity contribution in [3.8, 4) is 17.4 Å². The lowest BCUT2D eigenvalue weighted by Crippen LogP contribution is -2.27. The van der Waals surface area contributed by atoms with Crippen LogP contribution in [0.3, 0.4) is 0 Å². The van der Waals surface area contributed by atoms with E-state index in [0.717, 1.165) is 27.3 Å². The lowest BCUT2D eigenvalue weighted by atomic mass is 10.2. The Balaban J connectivity index is 1.60. The summed E-state index contributed by atoms with van der Waals surface area (Å²) in [5.41, 5.74) is 0.827. The summed E-state index contributed by atoms with van der Waals surface area (Å²) < 4.78 is 16.3. The largest absolute Gasteiger partial charge is 0.497 e. The minimum Gasteiger partial charge on any atom is -0.497 e. The molecule has 1 N–H and O–H groups in total. The second kappa shape index (κ2) is 8.68. The van der Waals surface area contributed by atoms with Crippen LogP contribution in [0.25, 0.3) is 10.2 Å². The molecule has 3 aromatic rings. The number of carbonyl (C=O) groups excluding carboxylic acids is 1. The van der Waals surface area contributed by atoms with Crippen LogP contribution in [0.1, 0.15) is 22.2 Å². The van der Waals surface area contributed by atoms with E-state index in [9.17, 15) is 4.79 Å². The van der Waals surface area contributed by atoms with Crippen molar-refractivity contribution in [2.75, 3.05) is 26.9 Å². The van der Waals surface area contributed by atoms with Gasteiger partial charge in [0, 0.05) is 0 Å². The molecule has 0 spiro atoms. The van der Waals surface area contributed by atoms with Crippen LogP contribution in [0.5, 0.6) is 17.4 Å². The number of rotatable bonds is 8. The van der Waals surface area contributed by atoms with Gasteiger partial charge in [0.1, 0.15) is 29.3 Å². The van der Waals surface area contributed by atoms with E-state index in [1.165, 1.54) is 17.7 Å². The normalized spacial score (nSPS) is 10.6. The third-order valence-corrected chi connectivity index (χ3v) is 5.09. The molecule has 0 aliphatic heterocycles. The molecular weight excluding hydrogens is 366 g/mol. The van der Waals surface area contributed by atoms with Crippen molar-refractivity contribution in [1.29, 1.82) is 0 Å². The molecule has 0 radical (unpaired) electrons. The van der Waals surface area contributed by atoms with Gasteiger partial charge in [-0.1, -0.05) is 0 Å². The minimum absolute atomic E-state index is 0.156. The Kier molecular flexibility index (Phi) is 6.08. The van der Waals surface area contributed by atoms with Crippen molar-refractivity contribution in [3.05, 3.63) is 41.0 Å². The maximum atomic E-state index is 12.5. The number of thiophene rings is 1. The van der Waals surface area contributed by atoms with E-state index in [4.69, 9.17) is 14.2 Å². The van der Waals surface area contributed by atoms with Crippen molar-refractivity contribution < 1.29 is 19.0 Å². The van der Waals surface area contributed by atoms with E-state index in [2.05, 4.69) is 15.3 Å². The molecule has 0 atom stereocenters. The summed E-state index contributed by atoms with van der Waals surface area (Å²) in [6.45, 7) is 5.04. The van der Waals surface area contributed by atoms with Gasteiger partial charge in [-0.25, -0.2) is 9.97 Å². The molecule has 2 aromatic heterocycles. The Morgan fingerprint density at radius 2 is 1.89 bits per heavy atom. The predicted molar refractivity (Wildman–Crippen MR) is 104 cm³/mol. The fourth-order valence-corrected chi connectivity index (χ4v) is 3.64. The van der Waals surface area contributed by atoms with Gasteiger partial charge in [0.2, 0.25) is 5.88 Å². The van der Waals surface area contributed by atoms with E-state index < -0.39 is 0 Å². The van der Waals surface area contributed by atoms with Gasteiger partial charge in [0.05, 0.1) is 30.5 Å². The lowest BCUT2D eigenvalue weighted by Gasteiger charge is -2.08. The van der Waals surface area contributed by atoms with Crippen molar-refractivity contribution >= 4 is 27.5 Å². The number of fused-ring (bicyclic) bond motifs is 1. The Morgan fingerprint density at radius 1 is 1.15 bits per heavy atom. The molecule has 0 saturated carbocycles. The zero-order valence-electron chi connectivity index (χ0n) is 15.4. The molecule has 0 fully saturated rings. The lowest BCUT2D eigenvalue weighted by molar-refractivity contribution is 0.0950. The smallest absolute Gasteiger partial charge is 0.261 e. The second-order valence-electron chi connectivity index (χ2n) is 5.63. The number of amides is 1. The molecule has 142 valence electrons. The molecule has 8 heteroatoms. The number of aryl methyl sites for hydroxylation is 1. The third-order valence-electron chi connectivity index (χ3n) is 3.90. The Bertz CT molecular complexity index is 925. The van der Waals surface area contributed by atoms with Crippen molar-refractivity contribution in [2.24, 2.45) is 0 Å². The van der Waals surface area contributed by atoms with Crippen LogP contribution in [0.15, 0.2) is 30.6 Å². The van der Waals surface area contributed by atoms with Crippen LogP contribution >= 0.6 is 11.3 Å². The number of aromatic nitrogens is 2. The summed E-state index contributed by atoms with van der Waals surface area (Å²) in [4.78, 5) is 22.3. The zero-order chi connectivity index (χ0) is 19.2. The first-order valence-corrected chi connectivity index (χ1v) is 9.37. The number of benzene rings is 1. The summed E-state index contributed by atoms with van der Waals surface area (Å²) in [6, 6.07) is 7.30. The summed E-state index contributed by atoms with van der Waals surface area (Å²) in [7, 11) is 1.62. The fraction of sp³-hybridized carbons (Fsp3) is 0.316. The van der Waals surface area contributed by atoms with E-state index in [-0.39, 0.29) is 5.91 Å². The summed E-state index contributed by atoms with van der Waals surface area (Å²) in [5.74, 6) is 1.85. The number of hydrogen-bond acceptors (Lipinski definition) is 7. The van der Waals surface area contributed by atoms with E-state index in [0.29, 0.717) is 30.5 Å². The van der Waals surface area contributed by atoms with Gasteiger partial charge in [0.25, 0.3) is 5.91 Å². The highest BCUT2D eigenvalue weighted by molar-refractivity contribution is 7.20. The number of nitrogens with one attached hydrogen (secondary N) is 1. The van der Waals surface area contributed by atoms with Crippen LogP contribution in [-0.2, 0) is 0 Å². The maximum Gasteiger partial charge on any atom is 0.261 e. The summed E-state index contributed by atoms with van der Waals surface area (Å²) in [5, 5.41) is 3.67. The van der Waals surface area contributed by atoms with Crippen molar-refractivity contribution in [3.63, 3.8) is 0 Å². The van der Waals surface area contributed by atoms with Crippen molar-refractivity contribution in [2.45, 2.75) is 13.8 Å². The molecule has 1 amide bonds. The average molecular weight is 387 g/mol. The molecule has 0 bridgehead atoms. The highest BCUT2D eigenvalue weighted by Gasteiger charge is 2.19. The molecule has 2 heterocycles. The molecular formula is C19H21N3O4S. The topological polar surface area (TPSA) is 82.6 Å². The van der Waals surface area contributed by atoms with Gasteiger partial charge in [-0.3, -0.25) is 4.79 Å². The van der Waals surface area contributed by atoms with Crippen molar-refractivity contribution in [1.82, 2.24) is 15.3 Å². The first-order valence-electron chi connectivity index (χ1n) is 8.56. The molecule has 1 aromatic carbocycles. The van der Waals surface area contributed by atoms with Crippen LogP contribution in [-0.4, -0.2) is 42.7 Å². The van der Waals surface area contributed by atoms with Crippen LogP contribution in [0.2, 0.25) is 0 Å². The Labute approximate surface area is 161 Å². The van der Waals surface area contributed by atoms with Gasteiger partial charge < -0.3 is 19.5 Å². The maximum absolute atomic E-state index is 12.5.